The van der Waals surface area contributed by atoms with Crippen LogP contribution in [-0.2, 0) is 12.8 Å². The Morgan fingerprint density at radius 1 is 1.00 bits per heavy atom. The van der Waals surface area contributed by atoms with E-state index in [4.69, 9.17) is 4.74 Å². The third kappa shape index (κ3) is 1.44. The van der Waals surface area contributed by atoms with Crippen molar-refractivity contribution in [3.05, 3.63) is 28.8 Å². The van der Waals surface area contributed by atoms with Gasteiger partial charge in [-0.15, -0.1) is 0 Å². The first-order valence-electron chi connectivity index (χ1n) is 5.66. The maximum atomic E-state index is 11.6. The van der Waals surface area contributed by atoms with Crippen LogP contribution in [0.4, 0.5) is 0 Å². The fourth-order valence-corrected chi connectivity index (χ4v) is 2.45. The first-order chi connectivity index (χ1) is 7.34. The monoisotopic (exact) mass is 202 g/mol. The van der Waals surface area contributed by atoms with Gasteiger partial charge in [0, 0.05) is 12.0 Å². The van der Waals surface area contributed by atoms with E-state index in [1.807, 2.05) is 0 Å². The van der Waals surface area contributed by atoms with Crippen molar-refractivity contribution in [2.45, 2.75) is 32.1 Å². The molecule has 0 bridgehead atoms. The molecule has 2 nitrogen and oxygen atoms in total. The number of benzene rings is 1. The maximum absolute atomic E-state index is 11.6. The summed E-state index contributed by atoms with van der Waals surface area (Å²) in [5, 5.41) is 0. The number of rotatable bonds is 0. The summed E-state index contributed by atoms with van der Waals surface area (Å²) >= 11 is 0. The van der Waals surface area contributed by atoms with Crippen LogP contribution in [-0.4, -0.2) is 12.4 Å². The molecule has 0 unspecified atom stereocenters. The minimum atomic E-state index is 0.303. The summed E-state index contributed by atoms with van der Waals surface area (Å²) in [7, 11) is 0. The number of ketones is 1. The van der Waals surface area contributed by atoms with Gasteiger partial charge in [-0.05, 0) is 48.9 Å². The topological polar surface area (TPSA) is 26.3 Å². The molecule has 1 aromatic carbocycles. The fourth-order valence-electron chi connectivity index (χ4n) is 2.45. The van der Waals surface area contributed by atoms with Gasteiger partial charge in [0.25, 0.3) is 0 Å². The Kier molecular flexibility index (Phi) is 2.01. The van der Waals surface area contributed by atoms with Gasteiger partial charge in [0.15, 0.2) is 5.78 Å². The highest BCUT2D eigenvalue weighted by Gasteiger charge is 2.22. The minimum Gasteiger partial charge on any atom is -0.493 e. The molecule has 0 saturated heterocycles. The van der Waals surface area contributed by atoms with E-state index in [-0.39, 0.29) is 0 Å². The van der Waals surface area contributed by atoms with Crippen molar-refractivity contribution in [2.24, 2.45) is 0 Å². The summed E-state index contributed by atoms with van der Waals surface area (Å²) < 4.78 is 5.70. The largest absolute Gasteiger partial charge is 0.493 e. The van der Waals surface area contributed by atoms with Gasteiger partial charge in [0.2, 0.25) is 0 Å². The average Bonchev–Trinajstić information content (AvgIpc) is 2.49. The van der Waals surface area contributed by atoms with Crippen LogP contribution in [0.2, 0.25) is 0 Å². The molecule has 2 heteroatoms. The molecule has 0 atom stereocenters. The summed E-state index contributed by atoms with van der Waals surface area (Å²) in [6.45, 7) is 0.819. The van der Waals surface area contributed by atoms with E-state index in [1.54, 1.807) is 0 Å². The summed E-state index contributed by atoms with van der Waals surface area (Å²) in [6.07, 6.45) is 4.91. The van der Waals surface area contributed by atoms with Crippen molar-refractivity contribution < 1.29 is 9.53 Å². The molecular weight excluding hydrogens is 188 g/mol. The van der Waals surface area contributed by atoms with E-state index in [0.29, 0.717) is 12.2 Å². The van der Waals surface area contributed by atoms with Crippen molar-refractivity contribution in [1.82, 2.24) is 0 Å². The molecule has 3 rings (SSSR count). The number of carbonyl (C=O) groups is 1. The third-order valence-corrected chi connectivity index (χ3v) is 3.31. The Labute approximate surface area is 89.2 Å². The summed E-state index contributed by atoms with van der Waals surface area (Å²) in [5.74, 6) is 1.32. The van der Waals surface area contributed by atoms with Crippen LogP contribution in [0.3, 0.4) is 0 Å². The number of ether oxygens (including phenoxy) is 1. The highest BCUT2D eigenvalue weighted by Crippen LogP contribution is 2.32. The zero-order valence-electron chi connectivity index (χ0n) is 8.71. The van der Waals surface area contributed by atoms with Crippen molar-refractivity contribution in [3.63, 3.8) is 0 Å². The highest BCUT2D eigenvalue weighted by atomic mass is 16.5. The average molecular weight is 202 g/mol. The van der Waals surface area contributed by atoms with Gasteiger partial charge in [-0.3, -0.25) is 4.79 Å². The van der Waals surface area contributed by atoms with Gasteiger partial charge in [-0.25, -0.2) is 0 Å². The standard InChI is InChI=1S/C13H14O2/c14-12-5-4-9-8-13-10(7-11(9)12)3-1-2-6-15-13/h7-8H,1-6H2. The molecule has 1 aromatic rings. The smallest absolute Gasteiger partial charge is 0.163 e. The molecule has 2 aliphatic rings. The van der Waals surface area contributed by atoms with Crippen LogP contribution in [0.25, 0.3) is 0 Å². The van der Waals surface area contributed by atoms with Gasteiger partial charge in [0.05, 0.1) is 6.61 Å². The SMILES string of the molecule is O=C1CCc2cc3c(cc21)CCCCO3. The molecule has 0 aromatic heterocycles. The van der Waals surface area contributed by atoms with Crippen LogP contribution in [0, 0.1) is 0 Å². The number of hydrogen-bond donors (Lipinski definition) is 0. The Morgan fingerprint density at radius 3 is 2.87 bits per heavy atom. The van der Waals surface area contributed by atoms with E-state index >= 15 is 0 Å². The number of fused-ring (bicyclic) bond motifs is 2. The van der Waals surface area contributed by atoms with Crippen molar-refractivity contribution in [3.8, 4) is 5.75 Å². The fraction of sp³-hybridized carbons (Fsp3) is 0.462. The lowest BCUT2D eigenvalue weighted by atomic mass is 10.0. The van der Waals surface area contributed by atoms with E-state index < -0.39 is 0 Å². The van der Waals surface area contributed by atoms with Crippen LogP contribution in [0.5, 0.6) is 5.75 Å². The zero-order valence-corrected chi connectivity index (χ0v) is 8.71. The van der Waals surface area contributed by atoms with Gasteiger partial charge in [-0.1, -0.05) is 0 Å². The first kappa shape index (κ1) is 8.96. The molecule has 78 valence electrons. The first-order valence-corrected chi connectivity index (χ1v) is 5.66. The molecule has 0 amide bonds. The number of carbonyl (C=O) groups excluding carboxylic acids is 1. The van der Waals surface area contributed by atoms with Crippen molar-refractivity contribution in [1.29, 1.82) is 0 Å². The van der Waals surface area contributed by atoms with Crippen LogP contribution >= 0.6 is 0 Å². The molecule has 0 radical (unpaired) electrons. The Hall–Kier alpha value is -1.31. The Morgan fingerprint density at radius 2 is 1.93 bits per heavy atom. The van der Waals surface area contributed by atoms with Crippen LogP contribution in [0.1, 0.15) is 40.7 Å². The van der Waals surface area contributed by atoms with Crippen molar-refractivity contribution >= 4 is 5.78 Å². The van der Waals surface area contributed by atoms with Gasteiger partial charge < -0.3 is 4.74 Å². The predicted octanol–water partition coefficient (Wildman–Crippen LogP) is 2.53. The molecule has 1 heterocycles. The number of Topliss-reactive ketones (excluding diaryl/α,β-unsaturated/α-hetero) is 1. The van der Waals surface area contributed by atoms with E-state index in [0.717, 1.165) is 37.2 Å². The molecule has 0 fully saturated rings. The Bertz CT molecular complexity index is 421. The molecular formula is C13H14O2. The minimum absolute atomic E-state index is 0.303. The van der Waals surface area contributed by atoms with E-state index in [1.165, 1.54) is 17.5 Å². The Balaban J connectivity index is 2.10. The van der Waals surface area contributed by atoms with E-state index in [2.05, 4.69) is 12.1 Å². The van der Waals surface area contributed by atoms with E-state index in [9.17, 15) is 4.79 Å². The zero-order chi connectivity index (χ0) is 10.3. The van der Waals surface area contributed by atoms with Gasteiger partial charge >= 0.3 is 0 Å². The predicted molar refractivity (Wildman–Crippen MR) is 57.5 cm³/mol. The summed E-state index contributed by atoms with van der Waals surface area (Å²) in [4.78, 5) is 11.6. The number of aryl methyl sites for hydroxylation is 2. The van der Waals surface area contributed by atoms with Crippen molar-refractivity contribution in [2.75, 3.05) is 6.61 Å². The summed E-state index contributed by atoms with van der Waals surface area (Å²) in [5.41, 5.74) is 3.35. The lowest BCUT2D eigenvalue weighted by Crippen LogP contribution is -1.98. The molecule has 0 spiro atoms. The molecule has 1 aliphatic carbocycles. The maximum Gasteiger partial charge on any atom is 0.163 e. The second kappa shape index (κ2) is 3.37. The highest BCUT2D eigenvalue weighted by molar-refractivity contribution is 6.00. The van der Waals surface area contributed by atoms with Crippen LogP contribution < -0.4 is 4.74 Å². The molecule has 0 saturated carbocycles. The second-order valence-corrected chi connectivity index (χ2v) is 4.35. The summed E-state index contributed by atoms with van der Waals surface area (Å²) in [6, 6.07) is 4.15. The normalized spacial score (nSPS) is 19.1. The lowest BCUT2D eigenvalue weighted by Gasteiger charge is -2.09. The molecule has 1 aliphatic heterocycles. The number of hydrogen-bond acceptors (Lipinski definition) is 2. The molecule has 15 heavy (non-hydrogen) atoms. The lowest BCUT2D eigenvalue weighted by molar-refractivity contribution is 0.0994. The van der Waals surface area contributed by atoms with Crippen LogP contribution in [0.15, 0.2) is 12.1 Å². The third-order valence-electron chi connectivity index (χ3n) is 3.31. The molecule has 0 N–H and O–H groups in total. The van der Waals surface area contributed by atoms with Gasteiger partial charge in [0.1, 0.15) is 5.75 Å². The van der Waals surface area contributed by atoms with Gasteiger partial charge in [-0.2, -0.15) is 0 Å². The quantitative estimate of drug-likeness (QED) is 0.646. The second-order valence-electron chi connectivity index (χ2n) is 4.35.